The zero-order valence-electron chi connectivity index (χ0n) is 18.5. The van der Waals surface area contributed by atoms with Crippen molar-refractivity contribution < 1.29 is 23.6 Å². The van der Waals surface area contributed by atoms with Gasteiger partial charge in [0, 0.05) is 13.2 Å². The van der Waals surface area contributed by atoms with Crippen LogP contribution in [0.4, 0.5) is 0 Å². The predicted molar refractivity (Wildman–Crippen MR) is 113 cm³/mol. The van der Waals surface area contributed by atoms with Gasteiger partial charge in [0.15, 0.2) is 0 Å². The maximum Gasteiger partial charge on any atom is 0.469 e. The topological polar surface area (TPSA) is 76.0 Å². The van der Waals surface area contributed by atoms with Crippen molar-refractivity contribution in [3.05, 3.63) is 0 Å². The van der Waals surface area contributed by atoms with Crippen LogP contribution in [0.1, 0.15) is 105 Å². The SMILES string of the molecule is CCC(CC)(CC)CCCCOCCCCC(CC)(CC)COP(=O)(O)O. The van der Waals surface area contributed by atoms with Crippen LogP contribution in [0.3, 0.4) is 0 Å². The molecule has 0 aromatic carbocycles. The minimum Gasteiger partial charge on any atom is -0.381 e. The van der Waals surface area contributed by atoms with Gasteiger partial charge in [0.2, 0.25) is 0 Å². The first-order valence-corrected chi connectivity index (χ1v) is 12.5. The summed E-state index contributed by atoms with van der Waals surface area (Å²) in [7, 11) is -4.39. The van der Waals surface area contributed by atoms with Crippen LogP contribution in [-0.4, -0.2) is 29.6 Å². The van der Waals surface area contributed by atoms with Gasteiger partial charge in [0.25, 0.3) is 0 Å². The van der Waals surface area contributed by atoms with Crippen molar-refractivity contribution in [2.45, 2.75) is 105 Å². The summed E-state index contributed by atoms with van der Waals surface area (Å²) in [5.74, 6) is 0. The molecule has 0 rings (SSSR count). The molecule has 0 amide bonds. The highest BCUT2D eigenvalue weighted by Gasteiger charge is 2.29. The Morgan fingerprint density at radius 3 is 1.48 bits per heavy atom. The fourth-order valence-electron chi connectivity index (χ4n) is 3.89. The molecule has 0 bridgehead atoms. The fraction of sp³-hybridized carbons (Fsp3) is 1.00. The van der Waals surface area contributed by atoms with E-state index in [0.29, 0.717) is 5.41 Å². The number of unbranched alkanes of at least 4 members (excludes halogenated alkanes) is 2. The Bertz CT molecular complexity index is 391. The van der Waals surface area contributed by atoms with E-state index < -0.39 is 7.82 Å². The van der Waals surface area contributed by atoms with Crippen LogP contribution >= 0.6 is 7.82 Å². The van der Waals surface area contributed by atoms with Crippen molar-refractivity contribution in [3.8, 4) is 0 Å². The minimum atomic E-state index is -4.39. The van der Waals surface area contributed by atoms with Gasteiger partial charge in [-0.2, -0.15) is 0 Å². The van der Waals surface area contributed by atoms with E-state index in [1.54, 1.807) is 0 Å². The first kappa shape index (κ1) is 27.1. The van der Waals surface area contributed by atoms with Crippen molar-refractivity contribution in [1.82, 2.24) is 0 Å². The second-order valence-electron chi connectivity index (χ2n) is 8.06. The molecule has 164 valence electrons. The van der Waals surface area contributed by atoms with Gasteiger partial charge in [-0.05, 0) is 49.4 Å². The van der Waals surface area contributed by atoms with Gasteiger partial charge in [-0.25, -0.2) is 4.57 Å². The number of phosphoric acid groups is 1. The largest absolute Gasteiger partial charge is 0.469 e. The maximum absolute atomic E-state index is 11.0. The summed E-state index contributed by atoms with van der Waals surface area (Å²) in [6.45, 7) is 12.8. The molecule has 0 saturated heterocycles. The molecule has 0 aromatic rings. The molecule has 0 atom stereocenters. The van der Waals surface area contributed by atoms with E-state index in [9.17, 15) is 4.57 Å². The van der Waals surface area contributed by atoms with Crippen molar-refractivity contribution >= 4 is 7.82 Å². The molecule has 0 spiro atoms. The summed E-state index contributed by atoms with van der Waals surface area (Å²) in [5, 5.41) is 0. The minimum absolute atomic E-state index is 0.124. The van der Waals surface area contributed by atoms with Crippen LogP contribution in [0.15, 0.2) is 0 Å². The molecule has 5 nitrogen and oxygen atoms in total. The molecule has 27 heavy (non-hydrogen) atoms. The Morgan fingerprint density at radius 2 is 1.11 bits per heavy atom. The van der Waals surface area contributed by atoms with Gasteiger partial charge < -0.3 is 14.5 Å². The second-order valence-corrected chi connectivity index (χ2v) is 9.30. The van der Waals surface area contributed by atoms with Crippen LogP contribution in [0.5, 0.6) is 0 Å². The summed E-state index contributed by atoms with van der Waals surface area (Å²) in [6, 6.07) is 0. The van der Waals surface area contributed by atoms with E-state index in [-0.39, 0.29) is 12.0 Å². The normalized spacial score (nSPS) is 13.3. The number of hydrogen-bond donors (Lipinski definition) is 2. The summed E-state index contributed by atoms with van der Waals surface area (Å²) in [5.41, 5.74) is 0.379. The highest BCUT2D eigenvalue weighted by Crippen LogP contribution is 2.42. The standard InChI is InChI=1S/C21H45O5P/c1-6-20(7-2,8-3)15-11-13-17-25-18-14-12-16-21(9-4,10-5)19-26-27(22,23)24/h6-19H2,1-5H3,(H2,22,23,24). The van der Waals surface area contributed by atoms with E-state index in [2.05, 4.69) is 34.6 Å². The first-order valence-electron chi connectivity index (χ1n) is 11.0. The van der Waals surface area contributed by atoms with E-state index in [1.807, 2.05) is 0 Å². The van der Waals surface area contributed by atoms with Gasteiger partial charge >= 0.3 is 7.82 Å². The molecule has 0 aliphatic heterocycles. The molecule has 0 aliphatic carbocycles. The van der Waals surface area contributed by atoms with Crippen LogP contribution in [0.2, 0.25) is 0 Å². The number of ether oxygens (including phenoxy) is 1. The van der Waals surface area contributed by atoms with Gasteiger partial charge in [0.05, 0.1) is 6.61 Å². The predicted octanol–water partition coefficient (Wildman–Crippen LogP) is 6.48. The molecule has 0 aromatic heterocycles. The summed E-state index contributed by atoms with van der Waals surface area (Å²) >= 11 is 0. The monoisotopic (exact) mass is 408 g/mol. The molecule has 6 heteroatoms. The Labute approximate surface area is 167 Å². The third-order valence-corrected chi connectivity index (χ3v) is 7.25. The number of phosphoric ester groups is 1. The molecule has 0 fully saturated rings. The van der Waals surface area contributed by atoms with Gasteiger partial charge in [-0.15, -0.1) is 0 Å². The lowest BCUT2D eigenvalue weighted by atomic mass is 9.76. The summed E-state index contributed by atoms with van der Waals surface area (Å²) in [4.78, 5) is 17.9. The van der Waals surface area contributed by atoms with Crippen LogP contribution in [0, 0.1) is 10.8 Å². The molecule has 0 unspecified atom stereocenters. The zero-order valence-corrected chi connectivity index (χ0v) is 19.4. The highest BCUT2D eigenvalue weighted by atomic mass is 31.2. The van der Waals surface area contributed by atoms with Crippen LogP contribution in [-0.2, 0) is 13.8 Å². The molecular formula is C21H45O5P. The van der Waals surface area contributed by atoms with Crippen LogP contribution < -0.4 is 0 Å². The maximum atomic E-state index is 11.0. The van der Waals surface area contributed by atoms with Crippen LogP contribution in [0.25, 0.3) is 0 Å². The Balaban J connectivity index is 3.92. The van der Waals surface area contributed by atoms with Crippen molar-refractivity contribution in [2.24, 2.45) is 10.8 Å². The van der Waals surface area contributed by atoms with Gasteiger partial charge in [-0.1, -0.05) is 66.7 Å². The lowest BCUT2D eigenvalue weighted by molar-refractivity contribution is 0.0812. The first-order chi connectivity index (χ1) is 12.7. The zero-order chi connectivity index (χ0) is 20.8. The molecule has 0 aliphatic rings. The Kier molecular flexibility index (Phi) is 14.2. The quantitative estimate of drug-likeness (QED) is 0.201. The molecule has 0 radical (unpaired) electrons. The summed E-state index contributed by atoms with van der Waals surface area (Å²) in [6.07, 6.45) is 12.1. The lowest BCUT2D eigenvalue weighted by Gasteiger charge is -2.31. The third kappa shape index (κ3) is 11.6. The molecule has 2 N–H and O–H groups in total. The lowest BCUT2D eigenvalue weighted by Crippen LogP contribution is -2.25. The number of rotatable bonds is 18. The highest BCUT2D eigenvalue weighted by molar-refractivity contribution is 7.46. The Hall–Kier alpha value is 0.0700. The van der Waals surface area contributed by atoms with E-state index in [4.69, 9.17) is 19.0 Å². The van der Waals surface area contributed by atoms with Crippen molar-refractivity contribution in [3.63, 3.8) is 0 Å². The smallest absolute Gasteiger partial charge is 0.381 e. The second kappa shape index (κ2) is 14.1. The average molecular weight is 409 g/mol. The van der Waals surface area contributed by atoms with Gasteiger partial charge in [-0.3, -0.25) is 4.52 Å². The molecule has 0 saturated carbocycles. The summed E-state index contributed by atoms with van der Waals surface area (Å²) < 4.78 is 21.6. The van der Waals surface area contributed by atoms with Crippen molar-refractivity contribution in [1.29, 1.82) is 0 Å². The van der Waals surface area contributed by atoms with E-state index >= 15 is 0 Å². The van der Waals surface area contributed by atoms with E-state index in [0.717, 1.165) is 51.7 Å². The van der Waals surface area contributed by atoms with E-state index in [1.165, 1.54) is 32.1 Å². The molecule has 0 heterocycles. The number of hydrogen-bond acceptors (Lipinski definition) is 3. The molecular weight excluding hydrogens is 363 g/mol. The third-order valence-electron chi connectivity index (χ3n) is 6.78. The van der Waals surface area contributed by atoms with Crippen molar-refractivity contribution in [2.75, 3.05) is 19.8 Å². The Morgan fingerprint density at radius 1 is 0.704 bits per heavy atom. The average Bonchev–Trinajstić information content (AvgIpc) is 2.66. The fourth-order valence-corrected chi connectivity index (χ4v) is 4.33. The van der Waals surface area contributed by atoms with Gasteiger partial charge in [0.1, 0.15) is 0 Å².